The molecule has 4 rings (SSSR count). The van der Waals surface area contributed by atoms with Gasteiger partial charge in [-0.25, -0.2) is 16.8 Å². The number of aryl methyl sites for hydroxylation is 1. The topological polar surface area (TPSA) is 133 Å². The lowest BCUT2D eigenvalue weighted by Crippen LogP contribution is -2.50. The van der Waals surface area contributed by atoms with Crippen molar-refractivity contribution in [3.8, 4) is 5.75 Å². The number of hydrogen-bond donors (Lipinski definition) is 2. The number of carbonyl (C=O) groups excluding carboxylic acids is 1. The standard InChI is InChI=1S/C27H33N3O7S3/c1-18-10-12-21(13-11-18)39(33,34)28-23-8-5-7-22-26(23)37-24(19(2)15-30(27(22)32)20(3)17-31)16-29(4)40(35,36)25-9-6-14-38-25/h5-14,19-20,24,28,31H,15-17H2,1-4H3/t19-,20-,24-/m0/s1. The van der Waals surface area contributed by atoms with Gasteiger partial charge >= 0.3 is 0 Å². The fourth-order valence-corrected chi connectivity index (χ4v) is 7.82. The first-order chi connectivity index (χ1) is 18.8. The van der Waals surface area contributed by atoms with Crippen LogP contribution in [0, 0.1) is 12.8 Å². The molecule has 2 aromatic carbocycles. The second-order valence-corrected chi connectivity index (χ2v) is 14.8. The lowest BCUT2D eigenvalue weighted by molar-refractivity contribution is 0.0389. The van der Waals surface area contributed by atoms with Gasteiger partial charge in [0, 0.05) is 19.5 Å². The quantitative estimate of drug-likeness (QED) is 0.381. The number of benzene rings is 2. The molecule has 13 heteroatoms. The fourth-order valence-electron chi connectivity index (χ4n) is 4.38. The van der Waals surface area contributed by atoms with E-state index in [1.165, 1.54) is 46.6 Å². The molecule has 2 N–H and O–H groups in total. The molecule has 0 fully saturated rings. The Morgan fingerprint density at radius 1 is 1.12 bits per heavy atom. The highest BCUT2D eigenvalue weighted by molar-refractivity contribution is 7.92. The van der Waals surface area contributed by atoms with Crippen LogP contribution < -0.4 is 9.46 Å². The minimum atomic E-state index is -4.04. The van der Waals surface area contributed by atoms with Gasteiger partial charge in [0.2, 0.25) is 0 Å². The molecular formula is C27H33N3O7S3. The van der Waals surface area contributed by atoms with Gasteiger partial charge in [-0.15, -0.1) is 11.3 Å². The number of aliphatic hydroxyl groups is 1. The van der Waals surface area contributed by atoms with Crippen LogP contribution in [0.25, 0.3) is 0 Å². The molecule has 1 amide bonds. The summed E-state index contributed by atoms with van der Waals surface area (Å²) in [5.74, 6) is -0.816. The smallest absolute Gasteiger partial charge is 0.262 e. The zero-order chi connectivity index (χ0) is 29.2. The lowest BCUT2D eigenvalue weighted by Gasteiger charge is -2.38. The Morgan fingerprint density at radius 2 is 1.82 bits per heavy atom. The first kappa shape index (κ1) is 30.0. The summed E-state index contributed by atoms with van der Waals surface area (Å²) < 4.78 is 63.1. The van der Waals surface area contributed by atoms with Gasteiger partial charge in [0.25, 0.3) is 26.0 Å². The van der Waals surface area contributed by atoms with Gasteiger partial charge in [0.1, 0.15) is 10.3 Å². The van der Waals surface area contributed by atoms with E-state index in [2.05, 4.69) is 4.72 Å². The van der Waals surface area contributed by atoms with Crippen molar-refractivity contribution in [3.05, 3.63) is 71.1 Å². The third-order valence-corrected chi connectivity index (χ3v) is 11.4. The van der Waals surface area contributed by atoms with Crippen LogP contribution in [0.4, 0.5) is 5.69 Å². The number of rotatable bonds is 9. The van der Waals surface area contributed by atoms with Gasteiger partial charge in [0.15, 0.2) is 5.75 Å². The Labute approximate surface area is 239 Å². The third kappa shape index (κ3) is 6.18. The number of ether oxygens (including phenoxy) is 1. The normalized spacial score (nSPS) is 18.9. The maximum atomic E-state index is 13.7. The van der Waals surface area contributed by atoms with Crippen molar-refractivity contribution in [1.82, 2.24) is 9.21 Å². The molecule has 40 heavy (non-hydrogen) atoms. The van der Waals surface area contributed by atoms with Crippen LogP contribution in [0.5, 0.6) is 5.75 Å². The van der Waals surface area contributed by atoms with Crippen molar-refractivity contribution in [2.45, 2.75) is 42.0 Å². The molecule has 2 heterocycles. The molecule has 1 aliphatic heterocycles. The summed E-state index contributed by atoms with van der Waals surface area (Å²) >= 11 is 1.10. The summed E-state index contributed by atoms with van der Waals surface area (Å²) in [5, 5.41) is 11.6. The van der Waals surface area contributed by atoms with E-state index in [4.69, 9.17) is 4.74 Å². The Hall–Kier alpha value is -2.97. The summed E-state index contributed by atoms with van der Waals surface area (Å²) in [7, 11) is -6.39. The van der Waals surface area contributed by atoms with E-state index in [1.54, 1.807) is 36.6 Å². The molecule has 0 bridgehead atoms. The number of nitrogens with zero attached hydrogens (tertiary/aromatic N) is 2. The summed E-state index contributed by atoms with van der Waals surface area (Å²) in [4.78, 5) is 15.2. The van der Waals surface area contributed by atoms with E-state index in [0.717, 1.165) is 16.9 Å². The summed E-state index contributed by atoms with van der Waals surface area (Å²) in [5.41, 5.74) is 1.05. The van der Waals surface area contributed by atoms with Crippen LogP contribution >= 0.6 is 11.3 Å². The van der Waals surface area contributed by atoms with Crippen LogP contribution in [0.1, 0.15) is 29.8 Å². The van der Waals surface area contributed by atoms with Gasteiger partial charge in [-0.05, 0) is 49.6 Å². The number of amides is 1. The minimum Gasteiger partial charge on any atom is -0.486 e. The van der Waals surface area contributed by atoms with E-state index >= 15 is 0 Å². The molecule has 216 valence electrons. The first-order valence-corrected chi connectivity index (χ1v) is 16.5. The van der Waals surface area contributed by atoms with Crippen LogP contribution in [-0.2, 0) is 20.0 Å². The molecule has 1 aliphatic rings. The van der Waals surface area contributed by atoms with E-state index in [0.29, 0.717) is 0 Å². The molecule has 0 saturated carbocycles. The highest BCUT2D eigenvalue weighted by Gasteiger charge is 2.36. The van der Waals surface area contributed by atoms with Gasteiger partial charge < -0.3 is 14.7 Å². The van der Waals surface area contributed by atoms with Crippen molar-refractivity contribution >= 4 is 43.0 Å². The van der Waals surface area contributed by atoms with Crippen LogP contribution in [0.15, 0.2) is 69.1 Å². The molecular weight excluding hydrogens is 575 g/mol. The molecule has 0 aliphatic carbocycles. The third-order valence-electron chi connectivity index (χ3n) is 6.86. The number of likely N-dealkylation sites (N-methyl/N-ethyl adjacent to an activating group) is 1. The second-order valence-electron chi connectivity index (χ2n) is 9.94. The minimum absolute atomic E-state index is 0.00296. The van der Waals surface area contributed by atoms with Crippen molar-refractivity contribution in [2.24, 2.45) is 5.92 Å². The molecule has 0 radical (unpaired) electrons. The lowest BCUT2D eigenvalue weighted by atomic mass is 9.99. The van der Waals surface area contributed by atoms with Crippen molar-refractivity contribution in [3.63, 3.8) is 0 Å². The van der Waals surface area contributed by atoms with Crippen LogP contribution in [0.3, 0.4) is 0 Å². The molecule has 0 saturated heterocycles. The van der Waals surface area contributed by atoms with Crippen molar-refractivity contribution in [2.75, 3.05) is 31.5 Å². The predicted molar refractivity (Wildman–Crippen MR) is 154 cm³/mol. The van der Waals surface area contributed by atoms with Gasteiger partial charge in [-0.2, -0.15) is 4.31 Å². The van der Waals surface area contributed by atoms with Gasteiger partial charge in [-0.1, -0.05) is 36.8 Å². The van der Waals surface area contributed by atoms with E-state index in [1.807, 2.05) is 13.8 Å². The average Bonchev–Trinajstić information content (AvgIpc) is 3.47. The zero-order valence-electron chi connectivity index (χ0n) is 22.6. The number of aliphatic hydroxyl groups excluding tert-OH is 1. The number of hydrogen-bond acceptors (Lipinski definition) is 8. The molecule has 10 nitrogen and oxygen atoms in total. The Balaban J connectivity index is 1.76. The Bertz CT molecular complexity index is 1560. The molecule has 0 unspecified atom stereocenters. The maximum absolute atomic E-state index is 13.7. The molecule has 1 aromatic heterocycles. The SMILES string of the molecule is Cc1ccc(S(=O)(=O)Nc2cccc3c2O[C@@H](CN(C)S(=O)(=O)c2cccs2)[C@@H](C)CN([C@@H](C)CO)C3=O)cc1. The summed E-state index contributed by atoms with van der Waals surface area (Å²) in [6.45, 7) is 5.22. The molecule has 0 spiro atoms. The van der Waals surface area contributed by atoms with E-state index < -0.39 is 38.1 Å². The number of anilines is 1. The van der Waals surface area contributed by atoms with Crippen LogP contribution in [-0.4, -0.2) is 75.9 Å². The number of nitrogens with one attached hydrogen (secondary N) is 1. The number of sulfonamides is 2. The monoisotopic (exact) mass is 607 g/mol. The second kappa shape index (κ2) is 11.9. The first-order valence-electron chi connectivity index (χ1n) is 12.7. The maximum Gasteiger partial charge on any atom is 0.262 e. The predicted octanol–water partition coefficient (Wildman–Crippen LogP) is 3.40. The highest BCUT2D eigenvalue weighted by Crippen LogP contribution is 2.36. The van der Waals surface area contributed by atoms with Crippen LogP contribution in [0.2, 0.25) is 0 Å². The average molecular weight is 608 g/mol. The Kier molecular flexibility index (Phi) is 8.90. The van der Waals surface area contributed by atoms with Crippen molar-refractivity contribution < 1.29 is 31.5 Å². The number of carbonyl (C=O) groups is 1. The van der Waals surface area contributed by atoms with Gasteiger partial charge in [0.05, 0.1) is 35.3 Å². The number of para-hydroxylation sites is 1. The number of thiophene rings is 1. The molecule has 3 atom stereocenters. The van der Waals surface area contributed by atoms with E-state index in [9.17, 15) is 26.7 Å². The highest BCUT2D eigenvalue weighted by atomic mass is 32.2. The summed E-state index contributed by atoms with van der Waals surface area (Å²) in [6, 6.07) is 13.5. The fraction of sp³-hybridized carbons (Fsp3) is 0.370. The zero-order valence-corrected chi connectivity index (χ0v) is 25.1. The summed E-state index contributed by atoms with van der Waals surface area (Å²) in [6.07, 6.45) is -0.759. The largest absolute Gasteiger partial charge is 0.486 e. The Morgan fingerprint density at radius 3 is 2.45 bits per heavy atom. The van der Waals surface area contributed by atoms with Gasteiger partial charge in [-0.3, -0.25) is 9.52 Å². The van der Waals surface area contributed by atoms with E-state index in [-0.39, 0.29) is 51.7 Å². The number of fused-ring (bicyclic) bond motifs is 1. The molecule has 3 aromatic rings. The van der Waals surface area contributed by atoms with Crippen molar-refractivity contribution in [1.29, 1.82) is 0 Å².